The predicted octanol–water partition coefficient (Wildman–Crippen LogP) is 3.66. The highest BCUT2D eigenvalue weighted by atomic mass is 32.1. The summed E-state index contributed by atoms with van der Waals surface area (Å²) < 4.78 is 7.90. The second-order valence-electron chi connectivity index (χ2n) is 7.89. The van der Waals surface area contributed by atoms with E-state index in [1.165, 1.54) is 11.1 Å². The first kappa shape index (κ1) is 21.0. The lowest BCUT2D eigenvalue weighted by Crippen LogP contribution is -2.24. The van der Waals surface area contributed by atoms with Gasteiger partial charge in [-0.3, -0.25) is 0 Å². The van der Waals surface area contributed by atoms with Crippen LogP contribution in [-0.4, -0.2) is 34.5 Å². The van der Waals surface area contributed by atoms with Gasteiger partial charge in [0.2, 0.25) is 6.19 Å². The maximum atomic E-state index is 9.23. The molecule has 0 saturated carbocycles. The fourth-order valence-electron chi connectivity index (χ4n) is 3.11. The van der Waals surface area contributed by atoms with Crippen molar-refractivity contribution in [2.24, 2.45) is 15.1 Å². The molecule has 1 aliphatic heterocycles. The Labute approximate surface area is 174 Å². The molecule has 1 fully saturated rings. The number of amidine groups is 1. The number of hydrogen-bond acceptors (Lipinski definition) is 6. The van der Waals surface area contributed by atoms with E-state index in [2.05, 4.69) is 41.7 Å². The van der Waals surface area contributed by atoms with Crippen LogP contribution in [0.3, 0.4) is 0 Å². The van der Waals surface area contributed by atoms with E-state index in [9.17, 15) is 5.26 Å². The highest BCUT2D eigenvalue weighted by Gasteiger charge is 2.21. The van der Waals surface area contributed by atoms with Crippen molar-refractivity contribution in [3.8, 4) is 6.19 Å². The minimum absolute atomic E-state index is 0.0231. The Morgan fingerprint density at radius 3 is 2.86 bits per heavy atom. The van der Waals surface area contributed by atoms with Crippen LogP contribution in [0.4, 0.5) is 0 Å². The smallest absolute Gasteiger partial charge is 0.207 e. The van der Waals surface area contributed by atoms with Gasteiger partial charge in [0.25, 0.3) is 0 Å². The minimum Gasteiger partial charge on any atom is -0.411 e. The molecule has 3 rings (SSSR count). The Morgan fingerprint density at radius 1 is 1.41 bits per heavy atom. The number of ether oxygens (including phenoxy) is 1. The lowest BCUT2D eigenvalue weighted by Gasteiger charge is -2.15. The molecule has 2 heterocycles. The fraction of sp³-hybridized carbons (Fsp3) is 0.429. The molecule has 29 heavy (non-hydrogen) atoms. The molecule has 0 unspecified atom stereocenters. The van der Waals surface area contributed by atoms with Crippen LogP contribution in [0.2, 0.25) is 0 Å². The van der Waals surface area contributed by atoms with E-state index in [1.807, 2.05) is 18.3 Å². The van der Waals surface area contributed by atoms with Gasteiger partial charge < -0.3 is 14.5 Å². The third-order valence-corrected chi connectivity index (χ3v) is 6.09. The number of aliphatic imine (C=N–C) groups is 1. The van der Waals surface area contributed by atoms with E-state index in [1.54, 1.807) is 23.5 Å². The van der Waals surface area contributed by atoms with E-state index >= 15 is 0 Å². The lowest BCUT2D eigenvalue weighted by atomic mass is 9.95. The Bertz CT molecular complexity index is 1010. The average molecular weight is 412 g/mol. The number of nitriles is 1. The molecule has 1 N–H and O–H groups in total. The van der Waals surface area contributed by atoms with Crippen molar-refractivity contribution >= 4 is 23.4 Å². The molecule has 1 aromatic heterocycles. The third kappa shape index (κ3) is 5.19. The van der Waals surface area contributed by atoms with Crippen molar-refractivity contribution in [3.05, 3.63) is 51.3 Å². The second-order valence-corrected chi connectivity index (χ2v) is 8.90. The van der Waals surface area contributed by atoms with Crippen LogP contribution in [0.1, 0.15) is 49.6 Å². The molecule has 1 saturated heterocycles. The summed E-state index contributed by atoms with van der Waals surface area (Å²) in [6.07, 6.45) is 7.55. The van der Waals surface area contributed by atoms with Crippen molar-refractivity contribution in [1.29, 1.82) is 5.26 Å². The van der Waals surface area contributed by atoms with Crippen molar-refractivity contribution in [2.75, 3.05) is 6.61 Å². The number of nitrogens with zero attached hydrogens (tertiary/aromatic N) is 5. The van der Waals surface area contributed by atoms with Crippen molar-refractivity contribution in [1.82, 2.24) is 4.57 Å². The maximum absolute atomic E-state index is 9.23. The molecule has 1 aromatic carbocycles. The summed E-state index contributed by atoms with van der Waals surface area (Å²) >= 11 is 1.59. The van der Waals surface area contributed by atoms with Crippen LogP contribution in [0.25, 0.3) is 0 Å². The zero-order valence-corrected chi connectivity index (χ0v) is 17.7. The monoisotopic (exact) mass is 411 g/mol. The fourth-order valence-corrected chi connectivity index (χ4v) is 4.17. The molecule has 8 heteroatoms. The molecule has 152 valence electrons. The minimum atomic E-state index is -0.0231. The Balaban J connectivity index is 2.11. The Morgan fingerprint density at radius 2 is 2.21 bits per heavy atom. The Hall–Kier alpha value is -2.76. The molecule has 0 aliphatic carbocycles. The summed E-state index contributed by atoms with van der Waals surface area (Å²) in [5.41, 5.74) is 1.23. The number of aromatic nitrogens is 1. The first-order chi connectivity index (χ1) is 13.9. The number of rotatable bonds is 4. The normalized spacial score (nSPS) is 18.5. The zero-order valence-electron chi connectivity index (χ0n) is 16.9. The molecule has 0 spiro atoms. The van der Waals surface area contributed by atoms with Crippen molar-refractivity contribution in [3.63, 3.8) is 0 Å². The van der Waals surface area contributed by atoms with Crippen molar-refractivity contribution < 1.29 is 9.94 Å². The van der Waals surface area contributed by atoms with Crippen LogP contribution in [0, 0.1) is 11.5 Å². The molecule has 0 bridgehead atoms. The molecule has 2 aromatic rings. The lowest BCUT2D eigenvalue weighted by molar-refractivity contribution is 0.0963. The van der Waals surface area contributed by atoms with Gasteiger partial charge in [-0.25, -0.2) is 0 Å². The van der Waals surface area contributed by atoms with Gasteiger partial charge in [-0.1, -0.05) is 50.2 Å². The van der Waals surface area contributed by atoms with Crippen LogP contribution in [0.15, 0.2) is 45.6 Å². The molecule has 1 aliphatic rings. The van der Waals surface area contributed by atoms with Crippen LogP contribution >= 0.6 is 11.3 Å². The third-order valence-electron chi connectivity index (χ3n) is 4.64. The summed E-state index contributed by atoms with van der Waals surface area (Å²) in [5.74, 6) is 0.284. The van der Waals surface area contributed by atoms with Gasteiger partial charge in [-0.05, 0) is 18.3 Å². The summed E-state index contributed by atoms with van der Waals surface area (Å²) in [7, 11) is 0. The summed E-state index contributed by atoms with van der Waals surface area (Å²) in [5, 5.41) is 21.3. The van der Waals surface area contributed by atoms with E-state index in [0.29, 0.717) is 17.7 Å². The summed E-state index contributed by atoms with van der Waals surface area (Å²) in [4.78, 5) is 10.6. The Kier molecular flexibility index (Phi) is 6.62. The number of hydrogen-bond donors (Lipinski definition) is 1. The summed E-state index contributed by atoms with van der Waals surface area (Å²) in [6, 6.07) is 7.25. The molecular formula is C21H25N5O2S. The van der Waals surface area contributed by atoms with Crippen molar-refractivity contribution in [2.45, 2.75) is 51.7 Å². The highest BCUT2D eigenvalue weighted by Crippen LogP contribution is 2.25. The van der Waals surface area contributed by atoms with E-state index in [0.717, 1.165) is 24.2 Å². The zero-order chi connectivity index (χ0) is 20.9. The van der Waals surface area contributed by atoms with E-state index < -0.39 is 0 Å². The second kappa shape index (κ2) is 9.16. The van der Waals surface area contributed by atoms with E-state index in [-0.39, 0.29) is 17.4 Å². The van der Waals surface area contributed by atoms with Crippen LogP contribution in [-0.2, 0) is 16.7 Å². The molecular weight excluding hydrogens is 386 g/mol. The topological polar surface area (TPSA) is 95.3 Å². The van der Waals surface area contributed by atoms with Gasteiger partial charge in [-0.15, -0.1) is 11.3 Å². The quantitative estimate of drug-likeness (QED) is 0.273. The van der Waals surface area contributed by atoms with Gasteiger partial charge >= 0.3 is 0 Å². The average Bonchev–Trinajstić information content (AvgIpc) is 3.33. The largest absolute Gasteiger partial charge is 0.411 e. The molecule has 1 atom stereocenters. The molecule has 0 radical (unpaired) electrons. The van der Waals surface area contributed by atoms with Gasteiger partial charge in [0.15, 0.2) is 10.6 Å². The van der Waals surface area contributed by atoms with Gasteiger partial charge in [0, 0.05) is 28.8 Å². The highest BCUT2D eigenvalue weighted by molar-refractivity contribution is 7.09. The van der Waals surface area contributed by atoms with Gasteiger partial charge in [0.1, 0.15) is 0 Å². The van der Waals surface area contributed by atoms with Crippen LogP contribution < -0.4 is 4.80 Å². The number of benzene rings is 1. The summed E-state index contributed by atoms with van der Waals surface area (Å²) in [6.45, 7) is 8.00. The SMILES string of the molecule is CC(C)(C)c1cn(C[C@H]2CCCO2)c(=NC(=NC#N)c2ccccc2C=NO)s1. The first-order valence-corrected chi connectivity index (χ1v) is 10.3. The first-order valence-electron chi connectivity index (χ1n) is 9.53. The molecule has 7 nitrogen and oxygen atoms in total. The number of oxime groups is 1. The maximum Gasteiger partial charge on any atom is 0.207 e. The standard InChI is InChI=1S/C21H25N5O2S/c1-21(2,3)18-13-26(12-16-8-6-10-28-16)20(29-18)25-19(23-14-22)17-9-5-4-7-15(17)11-24-27/h4-5,7,9,11,13,16,27H,6,8,10,12H2,1-3H3/t16-/m1/s1. The van der Waals surface area contributed by atoms with E-state index in [4.69, 9.17) is 14.9 Å². The predicted molar refractivity (Wildman–Crippen MR) is 114 cm³/mol. The molecule has 0 amide bonds. The van der Waals surface area contributed by atoms with Gasteiger partial charge in [-0.2, -0.15) is 15.2 Å². The van der Waals surface area contributed by atoms with Gasteiger partial charge in [0.05, 0.1) is 18.9 Å². The number of thiazole rings is 1. The van der Waals surface area contributed by atoms with Crippen LogP contribution in [0.5, 0.6) is 0 Å².